The minimum atomic E-state index is 0.636. The average Bonchev–Trinajstić information content (AvgIpc) is 2.91. The molecule has 0 saturated carbocycles. The van der Waals surface area contributed by atoms with Crippen LogP contribution in [0.25, 0.3) is 33.5 Å². The monoisotopic (exact) mass is 262 g/mol. The standard InChI is InChI=1S/C14H10N6/c15-12-8-3-5-16-7-11(8)18-6-9(12)13-19-10-2-1-4-17-14(10)20-13/h1-7H,(H2,15,18)(H,17,19,20). The average molecular weight is 262 g/mol. The van der Waals surface area contributed by atoms with E-state index in [9.17, 15) is 0 Å². The third kappa shape index (κ3) is 1.51. The normalized spacial score (nSPS) is 11.2. The van der Waals surface area contributed by atoms with E-state index in [1.807, 2.05) is 18.2 Å². The zero-order chi connectivity index (χ0) is 13.5. The molecule has 0 atom stereocenters. The van der Waals surface area contributed by atoms with Gasteiger partial charge in [0.15, 0.2) is 5.65 Å². The number of anilines is 1. The van der Waals surface area contributed by atoms with Gasteiger partial charge < -0.3 is 10.7 Å². The van der Waals surface area contributed by atoms with Gasteiger partial charge >= 0.3 is 0 Å². The lowest BCUT2D eigenvalue weighted by molar-refractivity contribution is 1.27. The van der Waals surface area contributed by atoms with Crippen molar-refractivity contribution in [2.45, 2.75) is 0 Å². The van der Waals surface area contributed by atoms with Gasteiger partial charge in [-0.25, -0.2) is 9.97 Å². The molecule has 0 aromatic carbocycles. The number of aromatic nitrogens is 5. The Kier molecular flexibility index (Phi) is 2.17. The molecule has 0 aliphatic heterocycles. The van der Waals surface area contributed by atoms with Crippen LogP contribution in [0.4, 0.5) is 5.69 Å². The lowest BCUT2D eigenvalue weighted by atomic mass is 10.1. The van der Waals surface area contributed by atoms with Crippen LogP contribution in [0.5, 0.6) is 0 Å². The third-order valence-corrected chi connectivity index (χ3v) is 3.22. The first-order valence-corrected chi connectivity index (χ1v) is 6.12. The van der Waals surface area contributed by atoms with Gasteiger partial charge in [-0.2, -0.15) is 0 Å². The highest BCUT2D eigenvalue weighted by molar-refractivity contribution is 5.97. The predicted octanol–water partition coefficient (Wildman–Crippen LogP) is 2.15. The van der Waals surface area contributed by atoms with E-state index in [1.54, 1.807) is 24.8 Å². The number of fused-ring (bicyclic) bond motifs is 2. The Morgan fingerprint density at radius 2 is 1.95 bits per heavy atom. The van der Waals surface area contributed by atoms with E-state index in [4.69, 9.17) is 5.73 Å². The van der Waals surface area contributed by atoms with Gasteiger partial charge in [-0.1, -0.05) is 0 Å². The van der Waals surface area contributed by atoms with Crippen molar-refractivity contribution in [3.8, 4) is 11.4 Å². The van der Waals surface area contributed by atoms with Crippen molar-refractivity contribution < 1.29 is 0 Å². The number of nitrogen functional groups attached to an aromatic ring is 1. The number of hydrogen-bond acceptors (Lipinski definition) is 5. The van der Waals surface area contributed by atoms with Crippen LogP contribution in [0, 0.1) is 0 Å². The summed E-state index contributed by atoms with van der Waals surface area (Å²) in [6.45, 7) is 0. The zero-order valence-corrected chi connectivity index (χ0v) is 10.4. The minimum absolute atomic E-state index is 0.636. The van der Waals surface area contributed by atoms with Crippen molar-refractivity contribution in [2.24, 2.45) is 0 Å². The summed E-state index contributed by atoms with van der Waals surface area (Å²) in [6, 6.07) is 5.60. The van der Waals surface area contributed by atoms with Gasteiger partial charge in [-0.3, -0.25) is 9.97 Å². The molecule has 0 spiro atoms. The number of nitrogens with two attached hydrogens (primary N) is 1. The van der Waals surface area contributed by atoms with Crippen molar-refractivity contribution in [1.29, 1.82) is 0 Å². The molecule has 4 rings (SSSR count). The van der Waals surface area contributed by atoms with Gasteiger partial charge in [-0.15, -0.1) is 0 Å². The number of aromatic amines is 1. The van der Waals surface area contributed by atoms with Crippen LogP contribution < -0.4 is 5.73 Å². The highest BCUT2D eigenvalue weighted by Gasteiger charge is 2.12. The highest BCUT2D eigenvalue weighted by Crippen LogP contribution is 2.29. The van der Waals surface area contributed by atoms with E-state index in [1.165, 1.54) is 0 Å². The molecule has 4 heterocycles. The fourth-order valence-electron chi connectivity index (χ4n) is 2.23. The number of rotatable bonds is 1. The number of imidazole rings is 1. The van der Waals surface area contributed by atoms with Crippen LogP contribution >= 0.6 is 0 Å². The van der Waals surface area contributed by atoms with Crippen molar-refractivity contribution in [1.82, 2.24) is 24.9 Å². The summed E-state index contributed by atoms with van der Waals surface area (Å²) in [5.41, 5.74) is 9.93. The van der Waals surface area contributed by atoms with E-state index >= 15 is 0 Å². The first-order chi connectivity index (χ1) is 9.83. The van der Waals surface area contributed by atoms with Crippen LogP contribution in [0.1, 0.15) is 0 Å². The molecule has 0 amide bonds. The Labute approximate surface area is 113 Å². The lowest BCUT2D eigenvalue weighted by Gasteiger charge is -2.05. The Balaban J connectivity index is 1.99. The Morgan fingerprint density at radius 3 is 2.85 bits per heavy atom. The number of nitrogens with zero attached hydrogens (tertiary/aromatic N) is 4. The second kappa shape index (κ2) is 3.99. The van der Waals surface area contributed by atoms with Gasteiger partial charge in [0.05, 0.1) is 23.0 Å². The topological polar surface area (TPSA) is 93.4 Å². The maximum Gasteiger partial charge on any atom is 0.157 e. The molecule has 0 bridgehead atoms. The third-order valence-electron chi connectivity index (χ3n) is 3.22. The van der Waals surface area contributed by atoms with Gasteiger partial charge in [0, 0.05) is 24.0 Å². The van der Waals surface area contributed by atoms with Crippen LogP contribution in [0.3, 0.4) is 0 Å². The molecule has 3 N–H and O–H groups in total. The minimum Gasteiger partial charge on any atom is -0.398 e. The molecule has 0 radical (unpaired) electrons. The van der Waals surface area contributed by atoms with Crippen molar-refractivity contribution in [3.63, 3.8) is 0 Å². The van der Waals surface area contributed by atoms with E-state index in [-0.39, 0.29) is 0 Å². The predicted molar refractivity (Wildman–Crippen MR) is 76.8 cm³/mol. The molecule has 20 heavy (non-hydrogen) atoms. The second-order valence-corrected chi connectivity index (χ2v) is 4.43. The lowest BCUT2D eigenvalue weighted by Crippen LogP contribution is -1.95. The molecule has 4 aromatic rings. The van der Waals surface area contributed by atoms with Gasteiger partial charge in [-0.05, 0) is 18.2 Å². The summed E-state index contributed by atoms with van der Waals surface area (Å²) >= 11 is 0. The summed E-state index contributed by atoms with van der Waals surface area (Å²) in [7, 11) is 0. The Hall–Kier alpha value is -3.02. The summed E-state index contributed by atoms with van der Waals surface area (Å²) in [6.07, 6.45) is 6.81. The summed E-state index contributed by atoms with van der Waals surface area (Å²) in [5.74, 6) is 0.669. The molecular formula is C14H10N6. The number of H-pyrrole nitrogens is 1. The quantitative estimate of drug-likeness (QED) is 0.548. The first-order valence-electron chi connectivity index (χ1n) is 6.12. The number of pyridine rings is 3. The van der Waals surface area contributed by atoms with Crippen molar-refractivity contribution in [2.75, 3.05) is 5.73 Å². The maximum atomic E-state index is 6.22. The molecule has 4 aromatic heterocycles. The Bertz CT molecular complexity index is 894. The maximum absolute atomic E-state index is 6.22. The molecule has 6 heteroatoms. The highest BCUT2D eigenvalue weighted by atomic mass is 15.0. The van der Waals surface area contributed by atoms with Crippen LogP contribution in [0.2, 0.25) is 0 Å². The van der Waals surface area contributed by atoms with Gasteiger partial charge in [0.25, 0.3) is 0 Å². The van der Waals surface area contributed by atoms with Gasteiger partial charge in [0.1, 0.15) is 11.3 Å². The van der Waals surface area contributed by atoms with Gasteiger partial charge in [0.2, 0.25) is 0 Å². The SMILES string of the molecule is Nc1c(-c2nc3cccnc3[nH]2)cnc2cnccc12. The summed E-state index contributed by atoms with van der Waals surface area (Å²) in [5, 5.41) is 0.867. The van der Waals surface area contributed by atoms with E-state index in [0.717, 1.165) is 27.6 Å². The van der Waals surface area contributed by atoms with Crippen LogP contribution in [-0.4, -0.2) is 24.9 Å². The van der Waals surface area contributed by atoms with Crippen LogP contribution in [0.15, 0.2) is 43.0 Å². The van der Waals surface area contributed by atoms with Crippen molar-refractivity contribution in [3.05, 3.63) is 43.0 Å². The Morgan fingerprint density at radius 1 is 1.00 bits per heavy atom. The molecule has 0 aliphatic carbocycles. The molecule has 0 saturated heterocycles. The van der Waals surface area contributed by atoms with Crippen molar-refractivity contribution >= 4 is 27.8 Å². The first kappa shape index (κ1) is 10.9. The van der Waals surface area contributed by atoms with E-state index < -0.39 is 0 Å². The summed E-state index contributed by atoms with van der Waals surface area (Å²) < 4.78 is 0. The smallest absolute Gasteiger partial charge is 0.157 e. The molecule has 96 valence electrons. The van der Waals surface area contributed by atoms with E-state index in [0.29, 0.717) is 11.5 Å². The molecular weight excluding hydrogens is 252 g/mol. The summed E-state index contributed by atoms with van der Waals surface area (Å²) in [4.78, 5) is 20.3. The zero-order valence-electron chi connectivity index (χ0n) is 10.4. The largest absolute Gasteiger partial charge is 0.398 e. The molecule has 6 nitrogen and oxygen atoms in total. The molecule has 0 unspecified atom stereocenters. The fourth-order valence-corrected chi connectivity index (χ4v) is 2.23. The molecule has 0 fully saturated rings. The number of hydrogen-bond donors (Lipinski definition) is 2. The van der Waals surface area contributed by atoms with E-state index in [2.05, 4.69) is 24.9 Å². The number of nitrogens with one attached hydrogen (secondary N) is 1. The molecule has 0 aliphatic rings. The second-order valence-electron chi connectivity index (χ2n) is 4.43. The van der Waals surface area contributed by atoms with Crippen LogP contribution in [-0.2, 0) is 0 Å². The fraction of sp³-hybridized carbons (Fsp3) is 0.